The van der Waals surface area contributed by atoms with Crippen LogP contribution in [0, 0.1) is 5.92 Å². The fraction of sp³-hybridized carbons (Fsp3) is 0.526. The van der Waals surface area contributed by atoms with E-state index >= 15 is 0 Å². The molecule has 0 bridgehead atoms. The number of carbonyl (C=O) groups is 3. The van der Waals surface area contributed by atoms with E-state index in [9.17, 15) is 40.7 Å². The topological polar surface area (TPSA) is 94.2 Å². The first-order valence-corrected chi connectivity index (χ1v) is 9.59. The lowest BCUT2D eigenvalue weighted by atomic mass is 9.97. The van der Waals surface area contributed by atoms with E-state index in [0.29, 0.717) is 0 Å². The van der Waals surface area contributed by atoms with Gasteiger partial charge in [0.1, 0.15) is 5.75 Å². The highest BCUT2D eigenvalue weighted by Crippen LogP contribution is 2.24. The van der Waals surface area contributed by atoms with Crippen molar-refractivity contribution in [3.8, 4) is 5.75 Å². The Hall–Kier alpha value is -3.19. The molecule has 1 aliphatic heterocycles. The van der Waals surface area contributed by atoms with Gasteiger partial charge in [-0.3, -0.25) is 9.59 Å². The molecule has 1 aromatic rings. The van der Waals surface area contributed by atoms with E-state index in [2.05, 4.69) is 14.8 Å². The number of carbonyl (C=O) groups excluding carboxylic acids is 3. The molecule has 2 rings (SSSR count). The Balaban J connectivity index is 1.77. The summed E-state index contributed by atoms with van der Waals surface area (Å²) in [6.45, 7) is -0.469. The normalized spacial score (nSPS) is 16.0. The van der Waals surface area contributed by atoms with E-state index in [1.165, 1.54) is 19.1 Å². The molecule has 14 heteroatoms. The van der Waals surface area contributed by atoms with Gasteiger partial charge >= 0.3 is 24.6 Å². The predicted octanol–water partition coefficient (Wildman–Crippen LogP) is 3.87. The first kappa shape index (κ1) is 26.1. The summed E-state index contributed by atoms with van der Waals surface area (Å²) in [7, 11) is 0. The lowest BCUT2D eigenvalue weighted by Crippen LogP contribution is -2.42. The van der Waals surface area contributed by atoms with Gasteiger partial charge in [0.25, 0.3) is 5.91 Å². The average molecular weight is 486 g/mol. The Morgan fingerprint density at radius 3 is 2.15 bits per heavy atom. The zero-order chi connectivity index (χ0) is 24.8. The van der Waals surface area contributed by atoms with Gasteiger partial charge in [0.05, 0.1) is 5.92 Å². The van der Waals surface area contributed by atoms with Gasteiger partial charge in [0.2, 0.25) is 0 Å². The van der Waals surface area contributed by atoms with Crippen molar-refractivity contribution in [1.29, 1.82) is 0 Å². The van der Waals surface area contributed by atoms with Crippen molar-refractivity contribution in [3.63, 3.8) is 0 Å². The number of hydrogen-bond donors (Lipinski definition) is 1. The Kier molecular flexibility index (Phi) is 8.39. The average Bonchev–Trinajstić information content (AvgIpc) is 2.71. The first-order chi connectivity index (χ1) is 15.2. The second kappa shape index (κ2) is 10.6. The number of piperidine rings is 1. The summed E-state index contributed by atoms with van der Waals surface area (Å²) < 4.78 is 85.8. The summed E-state index contributed by atoms with van der Waals surface area (Å²) in [4.78, 5) is 37.1. The molecule has 0 aromatic heterocycles. The van der Waals surface area contributed by atoms with Gasteiger partial charge in [0.15, 0.2) is 12.7 Å². The minimum Gasteiger partial charge on any atom is -0.452 e. The Morgan fingerprint density at radius 1 is 1.06 bits per heavy atom. The molecule has 8 nitrogen and oxygen atoms in total. The van der Waals surface area contributed by atoms with Crippen molar-refractivity contribution in [2.75, 3.05) is 25.0 Å². The van der Waals surface area contributed by atoms with E-state index in [-0.39, 0.29) is 31.6 Å². The summed E-state index contributed by atoms with van der Waals surface area (Å²) in [5, 5.41) is 2.37. The van der Waals surface area contributed by atoms with Crippen molar-refractivity contribution in [1.82, 2.24) is 4.90 Å². The van der Waals surface area contributed by atoms with Gasteiger partial charge in [0, 0.05) is 18.8 Å². The van der Waals surface area contributed by atoms with Crippen LogP contribution < -0.4 is 10.1 Å². The molecule has 0 saturated carbocycles. The molecule has 33 heavy (non-hydrogen) atoms. The second-order valence-electron chi connectivity index (χ2n) is 7.07. The van der Waals surface area contributed by atoms with E-state index in [4.69, 9.17) is 4.74 Å². The smallest absolute Gasteiger partial charge is 0.452 e. The zero-order valence-corrected chi connectivity index (χ0v) is 17.2. The minimum absolute atomic E-state index is 0.0244. The quantitative estimate of drug-likeness (QED) is 0.485. The number of nitrogens with zero attached hydrogens (tertiary/aromatic N) is 1. The summed E-state index contributed by atoms with van der Waals surface area (Å²) in [6, 6.07) is 4.32. The number of ether oxygens (including phenoxy) is 3. The van der Waals surface area contributed by atoms with Crippen molar-refractivity contribution in [2.45, 2.75) is 38.4 Å². The number of anilines is 1. The molecule has 0 radical (unpaired) electrons. The molecule has 1 atom stereocenters. The third kappa shape index (κ3) is 9.06. The van der Waals surface area contributed by atoms with Crippen LogP contribution in [0.15, 0.2) is 24.3 Å². The molecule has 1 fully saturated rings. The van der Waals surface area contributed by atoms with E-state index in [1.54, 1.807) is 0 Å². The molecule has 1 aromatic carbocycles. The summed E-state index contributed by atoms with van der Waals surface area (Å²) in [5.74, 6) is -2.62. The highest BCUT2D eigenvalue weighted by Gasteiger charge is 2.34. The standard InChI is InChI=1S/C19H20F6N2O6/c1-11(15(28)26-13-2-4-14(5-3-13)33-19(23,24)25)32-16(29)12-6-8-27(9-7-12)17(30)31-10-18(20,21)22/h2-5,11-12H,6-10H2,1H3,(H,26,28). The van der Waals surface area contributed by atoms with Gasteiger partial charge in [-0.05, 0) is 44.0 Å². The highest BCUT2D eigenvalue weighted by atomic mass is 19.4. The SMILES string of the molecule is CC(OC(=O)C1CCN(C(=O)OCC(F)(F)F)CC1)C(=O)Nc1ccc(OC(F)(F)F)cc1. The zero-order valence-electron chi connectivity index (χ0n) is 17.2. The summed E-state index contributed by atoms with van der Waals surface area (Å²) in [6.07, 6.45) is -11.7. The van der Waals surface area contributed by atoms with Crippen LogP contribution in [0.2, 0.25) is 0 Å². The fourth-order valence-corrected chi connectivity index (χ4v) is 2.84. The van der Waals surface area contributed by atoms with Crippen LogP contribution in [0.4, 0.5) is 36.8 Å². The number of likely N-dealkylation sites (tertiary alicyclic amines) is 1. The Morgan fingerprint density at radius 2 is 1.64 bits per heavy atom. The van der Waals surface area contributed by atoms with E-state index in [1.807, 2.05) is 0 Å². The lowest BCUT2D eigenvalue weighted by molar-refractivity contribution is -0.274. The van der Waals surface area contributed by atoms with Crippen molar-refractivity contribution in [2.24, 2.45) is 5.92 Å². The van der Waals surface area contributed by atoms with Gasteiger partial charge in [-0.2, -0.15) is 13.2 Å². The van der Waals surface area contributed by atoms with Crippen LogP contribution in [0.3, 0.4) is 0 Å². The van der Waals surface area contributed by atoms with Crippen LogP contribution in [0.25, 0.3) is 0 Å². The van der Waals surface area contributed by atoms with Gasteiger partial charge in [-0.15, -0.1) is 13.2 Å². The number of benzene rings is 1. The Labute approximate surface area is 183 Å². The Bertz CT molecular complexity index is 835. The lowest BCUT2D eigenvalue weighted by Gasteiger charge is -2.30. The molecule has 1 saturated heterocycles. The second-order valence-corrected chi connectivity index (χ2v) is 7.07. The number of rotatable bonds is 6. The number of nitrogens with one attached hydrogen (secondary N) is 1. The maximum absolute atomic E-state index is 12.3. The van der Waals surface area contributed by atoms with Crippen molar-refractivity contribution in [3.05, 3.63) is 24.3 Å². The molecular formula is C19H20F6N2O6. The third-order valence-corrected chi connectivity index (χ3v) is 4.46. The predicted molar refractivity (Wildman–Crippen MR) is 99.0 cm³/mol. The van der Waals surface area contributed by atoms with Crippen LogP contribution in [-0.2, 0) is 19.1 Å². The van der Waals surface area contributed by atoms with Crippen LogP contribution in [0.1, 0.15) is 19.8 Å². The maximum atomic E-state index is 12.3. The summed E-state index contributed by atoms with van der Waals surface area (Å²) >= 11 is 0. The number of halogens is 6. The number of esters is 1. The molecule has 0 spiro atoms. The number of hydrogen-bond acceptors (Lipinski definition) is 6. The maximum Gasteiger partial charge on any atom is 0.573 e. The molecular weight excluding hydrogens is 466 g/mol. The molecule has 1 aliphatic rings. The largest absolute Gasteiger partial charge is 0.573 e. The number of amides is 2. The molecule has 0 aliphatic carbocycles. The van der Waals surface area contributed by atoms with E-state index in [0.717, 1.165) is 17.0 Å². The van der Waals surface area contributed by atoms with Gasteiger partial charge in [-0.1, -0.05) is 0 Å². The first-order valence-electron chi connectivity index (χ1n) is 9.59. The third-order valence-electron chi connectivity index (χ3n) is 4.46. The van der Waals surface area contributed by atoms with Crippen LogP contribution >= 0.6 is 0 Å². The van der Waals surface area contributed by atoms with Gasteiger partial charge in [-0.25, -0.2) is 4.79 Å². The fourth-order valence-electron chi connectivity index (χ4n) is 2.84. The minimum atomic E-state index is -4.85. The van der Waals surface area contributed by atoms with Crippen molar-refractivity contribution < 1.29 is 54.9 Å². The van der Waals surface area contributed by atoms with E-state index < -0.39 is 54.9 Å². The number of alkyl halides is 6. The van der Waals surface area contributed by atoms with Crippen molar-refractivity contribution >= 4 is 23.7 Å². The molecule has 1 unspecified atom stereocenters. The molecule has 2 amide bonds. The molecule has 184 valence electrons. The van der Waals surface area contributed by atoms with Crippen LogP contribution in [0.5, 0.6) is 5.75 Å². The molecule has 1 heterocycles. The molecule has 1 N–H and O–H groups in total. The highest BCUT2D eigenvalue weighted by molar-refractivity contribution is 5.95. The summed E-state index contributed by atoms with van der Waals surface area (Å²) in [5.41, 5.74) is 0.142. The van der Waals surface area contributed by atoms with Gasteiger partial charge < -0.3 is 24.4 Å². The van der Waals surface area contributed by atoms with Crippen LogP contribution in [-0.4, -0.2) is 61.2 Å². The monoisotopic (exact) mass is 486 g/mol.